The largest absolute Gasteiger partial charge is 0.327 e. The van der Waals surface area contributed by atoms with E-state index in [1.807, 2.05) is 6.20 Å². The lowest BCUT2D eigenvalue weighted by Gasteiger charge is -2.32. The van der Waals surface area contributed by atoms with E-state index in [1.165, 1.54) is 24.8 Å². The molecule has 1 heterocycles. The lowest BCUT2D eigenvalue weighted by molar-refractivity contribution is 0.201. The highest BCUT2D eigenvalue weighted by Crippen LogP contribution is 2.35. The van der Waals surface area contributed by atoms with Crippen molar-refractivity contribution in [3.05, 3.63) is 18.0 Å². The third-order valence-electron chi connectivity index (χ3n) is 4.62. The Kier molecular flexibility index (Phi) is 4.44. The molecule has 1 fully saturated rings. The second kappa shape index (κ2) is 5.87. The first-order valence-corrected chi connectivity index (χ1v) is 7.38. The maximum absolute atomic E-state index is 6.00. The monoisotopic (exact) mass is 249 g/mol. The van der Waals surface area contributed by atoms with Crippen LogP contribution in [-0.4, -0.2) is 15.8 Å². The van der Waals surface area contributed by atoms with Gasteiger partial charge in [0.25, 0.3) is 0 Å². The molecule has 0 radical (unpaired) electrons. The SMILES string of the molecule is CCC(N)Cc1cnn(C2CCC(C)C(C)C2)c1. The second-order valence-corrected chi connectivity index (χ2v) is 6.12. The van der Waals surface area contributed by atoms with Gasteiger partial charge in [-0.2, -0.15) is 5.10 Å². The van der Waals surface area contributed by atoms with Crippen LogP contribution in [0.15, 0.2) is 12.4 Å². The summed E-state index contributed by atoms with van der Waals surface area (Å²) in [5.41, 5.74) is 7.28. The van der Waals surface area contributed by atoms with Crippen molar-refractivity contribution >= 4 is 0 Å². The standard InChI is InChI=1S/C15H27N3/c1-4-14(16)8-13-9-17-18(10-13)15-6-5-11(2)12(3)7-15/h9-12,14-15H,4-8,16H2,1-3H3. The highest BCUT2D eigenvalue weighted by molar-refractivity contribution is 5.06. The van der Waals surface area contributed by atoms with Gasteiger partial charge in [-0.3, -0.25) is 4.68 Å². The highest BCUT2D eigenvalue weighted by Gasteiger charge is 2.26. The smallest absolute Gasteiger partial charge is 0.0522 e. The lowest BCUT2D eigenvalue weighted by atomic mass is 9.79. The lowest BCUT2D eigenvalue weighted by Crippen LogP contribution is -2.23. The Bertz CT molecular complexity index is 372. The molecule has 0 spiro atoms. The zero-order valence-corrected chi connectivity index (χ0v) is 12.0. The molecule has 4 unspecified atom stereocenters. The molecule has 1 aliphatic rings. The fourth-order valence-corrected chi connectivity index (χ4v) is 2.89. The van der Waals surface area contributed by atoms with Crippen molar-refractivity contribution in [3.8, 4) is 0 Å². The summed E-state index contributed by atoms with van der Waals surface area (Å²) < 4.78 is 2.18. The normalized spacial score (nSPS) is 30.3. The van der Waals surface area contributed by atoms with E-state index in [9.17, 15) is 0 Å². The van der Waals surface area contributed by atoms with Gasteiger partial charge in [-0.15, -0.1) is 0 Å². The van der Waals surface area contributed by atoms with Crippen LogP contribution in [0.5, 0.6) is 0 Å². The predicted octanol–water partition coefficient (Wildman–Crippen LogP) is 3.16. The topological polar surface area (TPSA) is 43.8 Å². The van der Waals surface area contributed by atoms with Crippen molar-refractivity contribution in [2.45, 2.75) is 65.0 Å². The Balaban J connectivity index is 1.97. The Hall–Kier alpha value is -0.830. The summed E-state index contributed by atoms with van der Waals surface area (Å²) in [4.78, 5) is 0. The Morgan fingerprint density at radius 3 is 2.83 bits per heavy atom. The summed E-state index contributed by atoms with van der Waals surface area (Å²) in [6.45, 7) is 6.88. The van der Waals surface area contributed by atoms with Gasteiger partial charge in [0.05, 0.1) is 12.2 Å². The predicted molar refractivity (Wildman–Crippen MR) is 75.4 cm³/mol. The van der Waals surface area contributed by atoms with Gasteiger partial charge in [-0.05, 0) is 49.5 Å². The van der Waals surface area contributed by atoms with Gasteiger partial charge in [-0.25, -0.2) is 0 Å². The molecule has 3 nitrogen and oxygen atoms in total. The molecule has 1 aromatic heterocycles. The van der Waals surface area contributed by atoms with Crippen molar-refractivity contribution in [3.63, 3.8) is 0 Å². The van der Waals surface area contributed by atoms with Crippen molar-refractivity contribution < 1.29 is 0 Å². The van der Waals surface area contributed by atoms with Crippen molar-refractivity contribution in [2.24, 2.45) is 17.6 Å². The summed E-state index contributed by atoms with van der Waals surface area (Å²) in [6, 6.07) is 0.871. The maximum Gasteiger partial charge on any atom is 0.0522 e. The molecular formula is C15H27N3. The number of nitrogens with zero attached hydrogens (tertiary/aromatic N) is 2. The van der Waals surface area contributed by atoms with Gasteiger partial charge in [0.1, 0.15) is 0 Å². The van der Waals surface area contributed by atoms with Crippen LogP contribution >= 0.6 is 0 Å². The summed E-state index contributed by atoms with van der Waals surface area (Å²) in [5.74, 6) is 1.68. The second-order valence-electron chi connectivity index (χ2n) is 6.12. The quantitative estimate of drug-likeness (QED) is 0.890. The first kappa shape index (κ1) is 13.6. The van der Waals surface area contributed by atoms with Crippen molar-refractivity contribution in [2.75, 3.05) is 0 Å². The van der Waals surface area contributed by atoms with Crippen LogP contribution in [0.1, 0.15) is 58.1 Å². The van der Waals surface area contributed by atoms with E-state index >= 15 is 0 Å². The number of hydrogen-bond donors (Lipinski definition) is 1. The van der Waals surface area contributed by atoms with Gasteiger partial charge in [0.2, 0.25) is 0 Å². The van der Waals surface area contributed by atoms with E-state index in [0.717, 1.165) is 24.7 Å². The molecule has 0 saturated heterocycles. The van der Waals surface area contributed by atoms with Crippen LogP contribution in [0.4, 0.5) is 0 Å². The van der Waals surface area contributed by atoms with Gasteiger partial charge < -0.3 is 5.73 Å². The van der Waals surface area contributed by atoms with Crippen molar-refractivity contribution in [1.82, 2.24) is 9.78 Å². The summed E-state index contributed by atoms with van der Waals surface area (Å²) in [6.07, 6.45) is 10.1. The first-order valence-electron chi connectivity index (χ1n) is 7.38. The highest BCUT2D eigenvalue weighted by atomic mass is 15.3. The average molecular weight is 249 g/mol. The average Bonchev–Trinajstić information content (AvgIpc) is 2.81. The Morgan fingerprint density at radius 1 is 1.39 bits per heavy atom. The molecule has 1 aliphatic carbocycles. The zero-order valence-electron chi connectivity index (χ0n) is 12.0. The Morgan fingerprint density at radius 2 is 2.17 bits per heavy atom. The summed E-state index contributed by atoms with van der Waals surface area (Å²) in [7, 11) is 0. The van der Waals surface area contributed by atoms with E-state index in [2.05, 4.69) is 36.7 Å². The maximum atomic E-state index is 6.00. The summed E-state index contributed by atoms with van der Waals surface area (Å²) >= 11 is 0. The molecule has 4 atom stereocenters. The molecule has 0 aliphatic heterocycles. The minimum absolute atomic E-state index is 0.271. The minimum Gasteiger partial charge on any atom is -0.327 e. The molecule has 1 aromatic rings. The number of hydrogen-bond acceptors (Lipinski definition) is 2. The van der Waals surface area contributed by atoms with E-state index in [-0.39, 0.29) is 6.04 Å². The molecule has 0 amide bonds. The van der Waals surface area contributed by atoms with Gasteiger partial charge >= 0.3 is 0 Å². The van der Waals surface area contributed by atoms with Crippen LogP contribution in [0.2, 0.25) is 0 Å². The molecule has 0 bridgehead atoms. The Labute approximate surface area is 111 Å². The molecular weight excluding hydrogens is 222 g/mol. The number of aromatic nitrogens is 2. The van der Waals surface area contributed by atoms with Crippen LogP contribution in [0.25, 0.3) is 0 Å². The molecule has 18 heavy (non-hydrogen) atoms. The molecule has 102 valence electrons. The minimum atomic E-state index is 0.271. The molecule has 2 N–H and O–H groups in total. The van der Waals surface area contributed by atoms with E-state index in [0.29, 0.717) is 6.04 Å². The van der Waals surface area contributed by atoms with Crippen molar-refractivity contribution in [1.29, 1.82) is 0 Å². The summed E-state index contributed by atoms with van der Waals surface area (Å²) in [5, 5.41) is 4.55. The third-order valence-corrected chi connectivity index (χ3v) is 4.62. The van der Waals surface area contributed by atoms with Crippen LogP contribution in [-0.2, 0) is 6.42 Å². The van der Waals surface area contributed by atoms with E-state index < -0.39 is 0 Å². The van der Waals surface area contributed by atoms with Crippen LogP contribution in [0.3, 0.4) is 0 Å². The first-order chi connectivity index (χ1) is 8.60. The van der Waals surface area contributed by atoms with Crippen LogP contribution < -0.4 is 5.73 Å². The molecule has 2 rings (SSSR count). The number of rotatable bonds is 4. The van der Waals surface area contributed by atoms with Gasteiger partial charge in [0.15, 0.2) is 0 Å². The molecule has 0 aromatic carbocycles. The molecule has 3 heteroatoms. The van der Waals surface area contributed by atoms with E-state index in [4.69, 9.17) is 5.73 Å². The zero-order chi connectivity index (χ0) is 13.1. The van der Waals surface area contributed by atoms with Gasteiger partial charge in [0, 0.05) is 12.2 Å². The molecule has 1 saturated carbocycles. The fraction of sp³-hybridized carbons (Fsp3) is 0.800. The van der Waals surface area contributed by atoms with Crippen LogP contribution in [0, 0.1) is 11.8 Å². The van der Waals surface area contributed by atoms with Gasteiger partial charge in [-0.1, -0.05) is 20.8 Å². The van der Waals surface area contributed by atoms with E-state index in [1.54, 1.807) is 0 Å². The fourth-order valence-electron chi connectivity index (χ4n) is 2.89. The number of nitrogens with two attached hydrogens (primary N) is 1. The third kappa shape index (κ3) is 3.14.